The highest BCUT2D eigenvalue weighted by atomic mass is 35.5. The third-order valence-corrected chi connectivity index (χ3v) is 26.6. The second-order valence-corrected chi connectivity index (χ2v) is 39.8. The topological polar surface area (TPSA) is 795 Å². The average Bonchev–Trinajstić information content (AvgIpc) is 0.759. The highest BCUT2D eigenvalue weighted by molar-refractivity contribution is 7.95. The molecule has 0 radical (unpaired) electrons. The number of anilines is 12. The van der Waals surface area contributed by atoms with Gasteiger partial charge in [-0.05, 0) is 179 Å². The first-order chi connectivity index (χ1) is 67.3. The normalized spacial score (nSPS) is 12.1. The lowest BCUT2D eigenvalue weighted by Crippen LogP contribution is -2.31. The standard InChI is InChI=1S/C39H36Cl2N12O17S5.C36H35Cl2N13O13S3/c40-34-45-36(42-13-2-14-53(15-16-54)39-48-35(41)47-38(50-39)43-22-5-8-24(9-6-22)72(57,58)18-17-68-75(65,66)67)49-37(46-34)44-23-7-10-25-21(19-23)20-29(71-70-69-56)31(32(25)55)52-51-28-12-11-26-27(33(28)74(62,63)64)3-1-4-30(26)73(59,60)61;1-39-30(54)18-5-3-6-20(13-18)41-35-45-32(38)46-36(48-35)51(11-12-52)10-4-9-40-33-43-31(37)44-34(47-33)42-21-7-8-22-19(14-21)15-25(65-64-63-55)28(29(22)53)50-49-23-16-27(67(59,60)61)24(62-2)17-26(23)66(56,57)58/h1,3-12,19-20,54-56H,2,13-18H2,(H,59,60,61)(H,62,63,64)(H,65,66,67)(H,43,47,48,50)(H2,42,44,45,46,49);3,5-8,13-17,52-53,55H,4,9-12H2,1-2H3,(H,39,54)(H,56,57,58)(H,59,60,61)(H,41,45,46,48)(H2,40,42,43,44,47). The van der Waals surface area contributed by atoms with Gasteiger partial charge < -0.3 is 72.2 Å². The van der Waals surface area contributed by atoms with Crippen molar-refractivity contribution in [2.24, 2.45) is 20.5 Å². The van der Waals surface area contributed by atoms with E-state index in [-0.39, 0.29) is 156 Å². The molecule has 0 unspecified atom stereocenters. The minimum absolute atomic E-state index is 0.00382. The monoisotopic (exact) mass is 2200 g/mol. The fraction of sp³-hybridized carbons (Fsp3) is 0.187. The van der Waals surface area contributed by atoms with Crippen LogP contribution in [0, 0.1) is 0 Å². The van der Waals surface area contributed by atoms with Gasteiger partial charge >= 0.3 is 10.4 Å². The van der Waals surface area contributed by atoms with E-state index in [1.165, 1.54) is 79.8 Å². The molecule has 0 spiro atoms. The van der Waals surface area contributed by atoms with Gasteiger partial charge in [-0.3, -0.25) is 27.6 Å². The molecule has 752 valence electrons. The van der Waals surface area contributed by atoms with E-state index in [1.54, 1.807) is 40.1 Å². The van der Waals surface area contributed by atoms with Gasteiger partial charge in [0.1, 0.15) is 48.1 Å². The van der Waals surface area contributed by atoms with Gasteiger partial charge in [0, 0.05) is 102 Å². The van der Waals surface area contributed by atoms with Gasteiger partial charge in [0.15, 0.2) is 21.3 Å². The number of methoxy groups -OCH3 is 1. The van der Waals surface area contributed by atoms with Crippen LogP contribution in [-0.4, -0.2) is 249 Å². The Labute approximate surface area is 830 Å². The first-order valence-corrected chi connectivity index (χ1v) is 51.2. The minimum atomic E-state index is -5.12. The summed E-state index contributed by atoms with van der Waals surface area (Å²) in [5.74, 6) is -2.25. The van der Waals surface area contributed by atoms with Crippen LogP contribution in [0.15, 0.2) is 194 Å². The summed E-state index contributed by atoms with van der Waals surface area (Å²) in [6.07, 6.45) is 0.826. The van der Waals surface area contributed by atoms with E-state index in [0.717, 1.165) is 31.4 Å². The van der Waals surface area contributed by atoms with Crippen LogP contribution >= 0.6 is 70.5 Å². The molecule has 55 nitrogen and oxygen atoms in total. The van der Waals surface area contributed by atoms with Crippen molar-refractivity contribution in [1.29, 1.82) is 0 Å². The van der Waals surface area contributed by atoms with Crippen molar-refractivity contribution in [1.82, 2.24) is 65.1 Å². The summed E-state index contributed by atoms with van der Waals surface area (Å²) >= 11 is 25.6. The number of phenols is 2. The first-order valence-electron chi connectivity index (χ1n) is 39.4. The summed E-state index contributed by atoms with van der Waals surface area (Å²) in [6.45, 7) is 0.0167. The molecule has 0 saturated carbocycles. The second-order valence-electron chi connectivity index (χ2n) is 28.2. The van der Waals surface area contributed by atoms with E-state index in [4.69, 9.17) is 66.2 Å². The van der Waals surface area contributed by atoms with Crippen LogP contribution in [-0.2, 0) is 83.6 Å². The number of nitrogens with one attached hydrogen (secondary N) is 7. The van der Waals surface area contributed by atoms with Crippen molar-refractivity contribution in [3.8, 4) is 17.2 Å². The predicted octanol–water partition coefficient (Wildman–Crippen LogP) is 11.8. The summed E-state index contributed by atoms with van der Waals surface area (Å²) in [5.41, 5.74) is -0.0122. The van der Waals surface area contributed by atoms with Crippen LogP contribution in [0.4, 0.5) is 93.1 Å². The number of benzene rings is 9. The van der Waals surface area contributed by atoms with E-state index in [9.17, 15) is 93.9 Å². The number of hydrogen-bond acceptors (Lipinski definition) is 51. The molecule has 0 fully saturated rings. The fourth-order valence-electron chi connectivity index (χ4n) is 12.9. The maximum Gasteiger partial charge on any atom is 0.397 e. The van der Waals surface area contributed by atoms with Crippen molar-refractivity contribution < 1.29 is 137 Å². The Kier molecular flexibility index (Phi) is 36.1. The Morgan fingerprint density at radius 3 is 1.35 bits per heavy atom. The first kappa shape index (κ1) is 108. The molecule has 0 saturated heterocycles. The molecule has 0 aliphatic rings. The number of sulfone groups is 1. The number of halogens is 4. The number of hydrogen-bond donors (Lipinski definition) is 18. The summed E-state index contributed by atoms with van der Waals surface area (Å²) in [4.78, 5) is 62.4. The van der Waals surface area contributed by atoms with Gasteiger partial charge in [0.05, 0.1) is 71.5 Å². The summed E-state index contributed by atoms with van der Waals surface area (Å²) < 4.78 is 210. The third kappa shape index (κ3) is 29.1. The van der Waals surface area contributed by atoms with E-state index in [0.29, 0.717) is 101 Å². The number of fused-ring (bicyclic) bond motifs is 3. The maximum atomic E-state index is 12.6. The summed E-state index contributed by atoms with van der Waals surface area (Å²) in [6, 6.07) is 30.4. The van der Waals surface area contributed by atoms with Crippen molar-refractivity contribution in [2.45, 2.75) is 47.1 Å². The van der Waals surface area contributed by atoms with Gasteiger partial charge in [0.2, 0.25) is 68.7 Å². The number of aromatic hydroxyl groups is 2. The smallest absolute Gasteiger partial charge is 0.397 e. The van der Waals surface area contributed by atoms with Gasteiger partial charge in [-0.2, -0.15) is 102 Å². The lowest BCUT2D eigenvalue weighted by molar-refractivity contribution is -0.432. The average molecular weight is 2200 g/mol. The molecule has 0 aliphatic heterocycles. The Hall–Kier alpha value is -12.7. The van der Waals surface area contributed by atoms with Crippen LogP contribution in [0.1, 0.15) is 23.2 Å². The fourth-order valence-corrected chi connectivity index (χ4v) is 18.8. The SMILES string of the molecule is CNC(=O)c1cccc(Nc2nc(Cl)nc(N(CCO)CCCNc3nc(Cl)nc(Nc4ccc5c(O)c(N=Nc6cc(S(=O)(=O)O)c(OC)cc6S(=O)(=O)O)c(SOOO)cc5c4)n3)n2)c1.O=S(=O)(O)OCCS(=O)(=O)c1ccc(Nc2nc(Cl)nc(N(CCO)CCCNc3nc(Cl)nc(Nc4ccc5c(O)c(N=Nc6ccc7c(S(=O)(=O)O)cccc7c6S(=O)(=O)O)c(SOOO)cc5c4)n3)n2)cc1. The Morgan fingerprint density at radius 2 is 0.887 bits per heavy atom. The zero-order chi connectivity index (χ0) is 103. The maximum absolute atomic E-state index is 12.6. The number of azo groups is 2. The van der Waals surface area contributed by atoms with Crippen molar-refractivity contribution >= 4 is 263 Å². The summed E-state index contributed by atoms with van der Waals surface area (Å²) in [5, 5.41) is 103. The highest BCUT2D eigenvalue weighted by Gasteiger charge is 2.30. The quantitative estimate of drug-likeness (QED) is 0.00421. The molecule has 0 bridgehead atoms. The molecule has 0 aliphatic carbocycles. The van der Waals surface area contributed by atoms with Crippen molar-refractivity contribution in [3.05, 3.63) is 166 Å². The number of aliphatic hydroxyl groups excluding tert-OH is 2. The molecule has 9 aromatic carbocycles. The van der Waals surface area contributed by atoms with E-state index < -0.39 is 127 Å². The van der Waals surface area contributed by atoms with E-state index in [2.05, 4.69) is 140 Å². The number of aliphatic hydroxyl groups is 2. The number of amides is 1. The number of aromatic nitrogens is 12. The number of rotatable bonds is 45. The summed E-state index contributed by atoms with van der Waals surface area (Å²) in [7, 11) is -26.3. The molecule has 67 heteroatoms. The Bertz CT molecular complexity index is 7750. The predicted molar refractivity (Wildman–Crippen MR) is 510 cm³/mol. The van der Waals surface area contributed by atoms with Crippen molar-refractivity contribution in [2.75, 3.05) is 121 Å². The molecular formula is C75H71Cl4N25O30S8. The second kappa shape index (κ2) is 47.4. The van der Waals surface area contributed by atoms with Gasteiger partial charge in [-0.25, -0.2) is 23.1 Å². The van der Waals surface area contributed by atoms with Gasteiger partial charge in [-0.15, -0.1) is 29.1 Å². The molecule has 18 N–H and O–H groups in total. The number of ether oxygens (including phenoxy) is 1. The lowest BCUT2D eigenvalue weighted by atomic mass is 10.1. The van der Waals surface area contributed by atoms with Gasteiger partial charge in [0.25, 0.3) is 46.4 Å². The molecule has 1 amide bonds. The lowest BCUT2D eigenvalue weighted by Gasteiger charge is -2.22. The number of nitrogens with zero attached hydrogens (tertiary/aromatic N) is 18. The molecule has 142 heavy (non-hydrogen) atoms. The van der Waals surface area contributed by atoms with E-state index in [1.807, 2.05) is 0 Å². The van der Waals surface area contributed by atoms with Gasteiger partial charge in [-0.1, -0.05) is 34.3 Å². The minimum Gasteiger partial charge on any atom is -0.505 e. The Morgan fingerprint density at radius 1 is 0.444 bits per heavy atom. The van der Waals surface area contributed by atoms with Crippen LogP contribution in [0.3, 0.4) is 0 Å². The largest absolute Gasteiger partial charge is 0.505 e. The van der Waals surface area contributed by atoms with Crippen LogP contribution < -0.4 is 51.8 Å². The molecule has 13 rings (SSSR count). The van der Waals surface area contributed by atoms with Crippen LogP contribution in [0.25, 0.3) is 32.3 Å². The number of carbonyl (C=O) groups is 1. The highest BCUT2D eigenvalue weighted by Crippen LogP contribution is 2.49. The third-order valence-electron chi connectivity index (χ3n) is 18.9. The van der Waals surface area contributed by atoms with Crippen LogP contribution in [0.2, 0.25) is 21.1 Å². The zero-order valence-corrected chi connectivity index (χ0v) is 81.3. The molecule has 0 atom stereocenters. The Balaban J connectivity index is 0.000000255. The molecule has 13 aromatic rings. The van der Waals surface area contributed by atoms with Crippen LogP contribution in [0.5, 0.6) is 17.2 Å². The van der Waals surface area contributed by atoms with Crippen molar-refractivity contribution in [3.63, 3.8) is 0 Å². The van der Waals surface area contributed by atoms with E-state index >= 15 is 0 Å². The molecule has 4 aromatic heterocycles. The zero-order valence-electron chi connectivity index (χ0n) is 71.8. The number of phenolic OH excluding ortho intramolecular Hbond substituents is 2. The molecule has 4 heterocycles. The molecular weight excluding hydrogens is 2130 g/mol. The number of carbonyl (C=O) groups excluding carboxylic acids is 1.